The summed E-state index contributed by atoms with van der Waals surface area (Å²) in [6.07, 6.45) is 3.57. The second kappa shape index (κ2) is 5.36. The number of H-pyrrole nitrogens is 1. The van der Waals surface area contributed by atoms with E-state index < -0.39 is 0 Å². The maximum absolute atomic E-state index is 6.29. The van der Waals surface area contributed by atoms with Gasteiger partial charge in [-0.15, -0.1) is 0 Å². The summed E-state index contributed by atoms with van der Waals surface area (Å²) in [5.74, 6) is 1.10. The van der Waals surface area contributed by atoms with Gasteiger partial charge in [-0.2, -0.15) is 5.10 Å². The summed E-state index contributed by atoms with van der Waals surface area (Å²) in [5.41, 5.74) is 3.13. The van der Waals surface area contributed by atoms with Crippen molar-refractivity contribution in [3.05, 3.63) is 53.6 Å². The van der Waals surface area contributed by atoms with Crippen LogP contribution in [0.25, 0.3) is 17.0 Å². The highest BCUT2D eigenvalue weighted by atomic mass is 35.5. The third kappa shape index (κ3) is 2.51. The number of anilines is 2. The van der Waals surface area contributed by atoms with Crippen LogP contribution in [0.1, 0.15) is 5.69 Å². The normalized spacial score (nSPS) is 11.0. The lowest BCUT2D eigenvalue weighted by molar-refractivity contribution is 1.04. The second-order valence-corrected chi connectivity index (χ2v) is 5.36. The minimum absolute atomic E-state index is 0.400. The van der Waals surface area contributed by atoms with Crippen LogP contribution < -0.4 is 5.32 Å². The molecule has 0 aliphatic carbocycles. The van der Waals surface area contributed by atoms with Gasteiger partial charge in [0, 0.05) is 24.2 Å². The number of pyridine rings is 1. The molecule has 0 aromatic carbocycles. The molecule has 4 heterocycles. The summed E-state index contributed by atoms with van der Waals surface area (Å²) in [6, 6.07) is 9.39. The van der Waals surface area contributed by atoms with E-state index in [2.05, 4.69) is 30.5 Å². The van der Waals surface area contributed by atoms with Gasteiger partial charge in [-0.25, -0.2) is 15.0 Å². The first kappa shape index (κ1) is 13.7. The molecule has 0 atom stereocenters. The molecule has 4 rings (SSSR count). The first-order chi connectivity index (χ1) is 11.2. The summed E-state index contributed by atoms with van der Waals surface area (Å²) < 4.78 is 1.90. The van der Waals surface area contributed by atoms with Gasteiger partial charge in [0.2, 0.25) is 5.95 Å². The van der Waals surface area contributed by atoms with E-state index in [4.69, 9.17) is 11.6 Å². The molecule has 8 heteroatoms. The van der Waals surface area contributed by atoms with Gasteiger partial charge in [-0.3, -0.25) is 9.50 Å². The lowest BCUT2D eigenvalue weighted by Gasteiger charge is -2.05. The zero-order valence-electron chi connectivity index (χ0n) is 12.2. The molecule has 0 saturated heterocycles. The maximum atomic E-state index is 6.29. The van der Waals surface area contributed by atoms with Crippen molar-refractivity contribution in [2.45, 2.75) is 6.92 Å². The molecule has 0 bridgehead atoms. The number of nitrogens with one attached hydrogen (secondary N) is 2. The zero-order valence-corrected chi connectivity index (χ0v) is 12.9. The average Bonchev–Trinajstić information content (AvgIpc) is 3.09. The Hall–Kier alpha value is -2.93. The molecule has 0 aliphatic heterocycles. The molecule has 0 aliphatic rings. The van der Waals surface area contributed by atoms with Crippen LogP contribution in [0.5, 0.6) is 0 Å². The number of aromatic amines is 1. The Kier molecular flexibility index (Phi) is 3.20. The lowest BCUT2D eigenvalue weighted by atomic mass is 10.3. The Morgan fingerprint density at radius 3 is 2.96 bits per heavy atom. The monoisotopic (exact) mass is 325 g/mol. The van der Waals surface area contributed by atoms with Gasteiger partial charge in [0.05, 0.1) is 5.69 Å². The molecular formula is C15H12ClN7. The Bertz CT molecular complexity index is 988. The van der Waals surface area contributed by atoms with Crippen molar-refractivity contribution in [3.63, 3.8) is 0 Å². The number of aryl methyl sites for hydroxylation is 1. The molecule has 0 amide bonds. The average molecular weight is 326 g/mol. The van der Waals surface area contributed by atoms with Crippen molar-refractivity contribution in [2.75, 3.05) is 5.32 Å². The van der Waals surface area contributed by atoms with Crippen molar-refractivity contribution >= 4 is 29.0 Å². The number of fused-ring (bicyclic) bond motifs is 1. The minimum atomic E-state index is 0.400. The molecule has 4 aromatic heterocycles. The first-order valence-electron chi connectivity index (χ1n) is 6.96. The molecule has 0 unspecified atom stereocenters. The Morgan fingerprint density at radius 2 is 2.13 bits per heavy atom. The van der Waals surface area contributed by atoms with Gasteiger partial charge in [-0.1, -0.05) is 17.7 Å². The van der Waals surface area contributed by atoms with Crippen LogP contribution in [0.2, 0.25) is 5.15 Å². The first-order valence-corrected chi connectivity index (χ1v) is 7.33. The molecule has 0 saturated carbocycles. The lowest BCUT2D eigenvalue weighted by Crippen LogP contribution is -1.99. The summed E-state index contributed by atoms with van der Waals surface area (Å²) in [4.78, 5) is 13.1. The van der Waals surface area contributed by atoms with Gasteiger partial charge >= 0.3 is 0 Å². The SMILES string of the molecule is Cc1cc(Nc2nccc(-c3c(Cl)nc4ccccn34)n2)n[nH]1. The van der Waals surface area contributed by atoms with Gasteiger partial charge in [0.1, 0.15) is 11.3 Å². The van der Waals surface area contributed by atoms with Crippen molar-refractivity contribution in [1.29, 1.82) is 0 Å². The number of halogens is 1. The topological polar surface area (TPSA) is 83.8 Å². The molecule has 0 spiro atoms. The quantitative estimate of drug-likeness (QED) is 0.604. The Morgan fingerprint density at radius 1 is 1.22 bits per heavy atom. The van der Waals surface area contributed by atoms with Crippen molar-refractivity contribution < 1.29 is 0 Å². The molecule has 7 nitrogen and oxygen atoms in total. The summed E-state index contributed by atoms with van der Waals surface area (Å²) in [6.45, 7) is 1.92. The van der Waals surface area contributed by atoms with E-state index in [1.165, 1.54) is 0 Å². The van der Waals surface area contributed by atoms with Crippen LogP contribution in [0.4, 0.5) is 11.8 Å². The van der Waals surface area contributed by atoms with Crippen molar-refractivity contribution in [2.24, 2.45) is 0 Å². The highest BCUT2D eigenvalue weighted by Crippen LogP contribution is 2.27. The number of hydrogen-bond acceptors (Lipinski definition) is 5. The third-order valence-electron chi connectivity index (χ3n) is 3.33. The largest absolute Gasteiger partial charge is 0.307 e. The number of hydrogen-bond donors (Lipinski definition) is 2. The molecule has 2 N–H and O–H groups in total. The van der Waals surface area contributed by atoms with E-state index in [0.717, 1.165) is 17.0 Å². The van der Waals surface area contributed by atoms with Gasteiger partial charge < -0.3 is 5.32 Å². The molecule has 23 heavy (non-hydrogen) atoms. The zero-order chi connectivity index (χ0) is 15.8. The predicted octanol–water partition coefficient (Wildman–Crippen LogP) is 3.22. The fourth-order valence-electron chi connectivity index (χ4n) is 2.34. The van der Waals surface area contributed by atoms with E-state index in [0.29, 0.717) is 22.6 Å². The van der Waals surface area contributed by atoms with Crippen LogP contribution in [-0.4, -0.2) is 29.5 Å². The fraction of sp³-hybridized carbons (Fsp3) is 0.0667. The van der Waals surface area contributed by atoms with Crippen LogP contribution in [0.3, 0.4) is 0 Å². The van der Waals surface area contributed by atoms with Crippen molar-refractivity contribution in [1.82, 2.24) is 29.5 Å². The fourth-order valence-corrected chi connectivity index (χ4v) is 2.62. The highest BCUT2D eigenvalue weighted by Gasteiger charge is 2.14. The highest BCUT2D eigenvalue weighted by molar-refractivity contribution is 6.32. The van der Waals surface area contributed by atoms with Crippen LogP contribution in [-0.2, 0) is 0 Å². The maximum Gasteiger partial charge on any atom is 0.228 e. The summed E-state index contributed by atoms with van der Waals surface area (Å²) in [5, 5.41) is 10.4. The number of imidazole rings is 1. The van der Waals surface area contributed by atoms with Gasteiger partial charge in [0.25, 0.3) is 0 Å². The van der Waals surface area contributed by atoms with E-state index in [-0.39, 0.29) is 0 Å². The number of nitrogens with zero attached hydrogens (tertiary/aromatic N) is 5. The smallest absolute Gasteiger partial charge is 0.228 e. The standard InChI is InChI=1S/C15H12ClN7/c1-9-8-11(22-21-9)19-15-17-6-5-10(18-15)13-14(16)20-12-4-2-3-7-23(12)13/h2-8H,1H3,(H2,17,18,19,21,22). The van der Waals surface area contributed by atoms with Crippen molar-refractivity contribution in [3.8, 4) is 11.4 Å². The number of aromatic nitrogens is 6. The van der Waals surface area contributed by atoms with Crippen LogP contribution in [0.15, 0.2) is 42.7 Å². The Balaban J connectivity index is 1.77. The molecule has 4 aromatic rings. The molecule has 114 valence electrons. The Labute approximate surface area is 136 Å². The van der Waals surface area contributed by atoms with Crippen LogP contribution >= 0.6 is 11.6 Å². The van der Waals surface area contributed by atoms with Gasteiger partial charge in [-0.05, 0) is 25.1 Å². The third-order valence-corrected chi connectivity index (χ3v) is 3.59. The predicted molar refractivity (Wildman–Crippen MR) is 87.8 cm³/mol. The van der Waals surface area contributed by atoms with Crippen LogP contribution in [0, 0.1) is 6.92 Å². The second-order valence-electron chi connectivity index (χ2n) is 5.01. The minimum Gasteiger partial charge on any atom is -0.307 e. The van der Waals surface area contributed by atoms with Gasteiger partial charge in [0.15, 0.2) is 11.0 Å². The van der Waals surface area contributed by atoms with E-state index >= 15 is 0 Å². The molecular weight excluding hydrogens is 314 g/mol. The van der Waals surface area contributed by atoms with E-state index in [9.17, 15) is 0 Å². The molecule has 0 fully saturated rings. The summed E-state index contributed by atoms with van der Waals surface area (Å²) in [7, 11) is 0. The van der Waals surface area contributed by atoms with E-state index in [1.807, 2.05) is 41.8 Å². The number of rotatable bonds is 3. The molecule has 0 radical (unpaired) electrons. The van der Waals surface area contributed by atoms with E-state index in [1.54, 1.807) is 12.3 Å². The summed E-state index contributed by atoms with van der Waals surface area (Å²) >= 11 is 6.29.